The minimum absolute atomic E-state index is 0.196. The zero-order chi connectivity index (χ0) is 12.7. The summed E-state index contributed by atoms with van der Waals surface area (Å²) < 4.78 is 23.7. The van der Waals surface area contributed by atoms with Crippen LogP contribution in [0.15, 0.2) is 18.2 Å². The minimum Gasteiger partial charge on any atom is -0.755 e. The van der Waals surface area contributed by atoms with Crippen molar-refractivity contribution in [3.05, 3.63) is 29.5 Å². The Bertz CT molecular complexity index is 623. The van der Waals surface area contributed by atoms with Crippen LogP contribution in [0.25, 0.3) is 10.9 Å². The van der Waals surface area contributed by atoms with Gasteiger partial charge < -0.3 is 20.0 Å². The average molecular weight is 264 g/mol. The van der Waals surface area contributed by atoms with Gasteiger partial charge in [-0.05, 0) is 43.0 Å². The van der Waals surface area contributed by atoms with E-state index in [4.69, 9.17) is 5.73 Å². The van der Waals surface area contributed by atoms with E-state index in [2.05, 4.69) is 9.71 Å². The second kappa shape index (κ2) is 4.38. The molecular weight excluding hydrogens is 250 g/mol. The van der Waals surface area contributed by atoms with Gasteiger partial charge in [-0.3, -0.25) is 4.21 Å². The van der Waals surface area contributed by atoms with Gasteiger partial charge in [-0.25, -0.2) is 0 Å². The van der Waals surface area contributed by atoms with E-state index in [0.717, 1.165) is 30.2 Å². The van der Waals surface area contributed by atoms with Gasteiger partial charge in [0.15, 0.2) is 0 Å². The summed E-state index contributed by atoms with van der Waals surface area (Å²) in [7, 11) is 0. The maximum Gasteiger partial charge on any atom is 0.0460 e. The zero-order valence-electron chi connectivity index (χ0n) is 9.73. The van der Waals surface area contributed by atoms with Gasteiger partial charge in [-0.2, -0.15) is 0 Å². The number of aromatic nitrogens is 1. The molecule has 18 heavy (non-hydrogen) atoms. The zero-order valence-corrected chi connectivity index (χ0v) is 10.5. The lowest BCUT2D eigenvalue weighted by atomic mass is 9.92. The van der Waals surface area contributed by atoms with E-state index in [1.165, 1.54) is 11.3 Å². The summed E-state index contributed by atoms with van der Waals surface area (Å²) in [4.78, 5) is 3.38. The lowest BCUT2D eigenvalue weighted by molar-refractivity contribution is 0.542. The SMILES string of the molecule is NC1CCc2[nH]c3ccc(NS(=O)[O-])cc3c2C1. The van der Waals surface area contributed by atoms with Gasteiger partial charge >= 0.3 is 0 Å². The van der Waals surface area contributed by atoms with Crippen LogP contribution in [0.3, 0.4) is 0 Å². The van der Waals surface area contributed by atoms with E-state index in [1.54, 1.807) is 6.07 Å². The molecule has 0 saturated heterocycles. The molecule has 1 aromatic heterocycles. The van der Waals surface area contributed by atoms with E-state index in [0.29, 0.717) is 5.69 Å². The first kappa shape index (κ1) is 11.7. The third kappa shape index (κ3) is 2.03. The number of aryl methyl sites for hydroxylation is 1. The molecule has 0 aliphatic heterocycles. The molecule has 2 aromatic rings. The molecule has 1 heterocycles. The van der Waals surface area contributed by atoms with Crippen LogP contribution in [0.4, 0.5) is 5.69 Å². The van der Waals surface area contributed by atoms with Crippen LogP contribution >= 0.6 is 0 Å². The van der Waals surface area contributed by atoms with E-state index < -0.39 is 11.3 Å². The number of H-pyrrole nitrogens is 1. The summed E-state index contributed by atoms with van der Waals surface area (Å²) in [5, 5.41) is 1.07. The number of nitrogens with two attached hydrogens (primary N) is 1. The third-order valence-electron chi connectivity index (χ3n) is 3.43. The van der Waals surface area contributed by atoms with Crippen LogP contribution < -0.4 is 10.5 Å². The van der Waals surface area contributed by atoms with Gasteiger partial charge in [0.1, 0.15) is 0 Å². The molecule has 0 fully saturated rings. The third-order valence-corrected chi connectivity index (χ3v) is 3.83. The molecule has 3 rings (SSSR count). The lowest BCUT2D eigenvalue weighted by Gasteiger charge is -2.18. The number of nitrogens with one attached hydrogen (secondary N) is 2. The molecular formula is C12H14N3O2S-. The van der Waals surface area contributed by atoms with Crippen LogP contribution in [0.2, 0.25) is 0 Å². The summed E-state index contributed by atoms with van der Waals surface area (Å²) in [5.74, 6) is 0. The van der Waals surface area contributed by atoms with Crippen molar-refractivity contribution in [1.29, 1.82) is 0 Å². The van der Waals surface area contributed by atoms with Gasteiger partial charge in [0.2, 0.25) is 0 Å². The first-order valence-electron chi connectivity index (χ1n) is 5.88. The second-order valence-electron chi connectivity index (χ2n) is 4.68. The molecule has 96 valence electrons. The van der Waals surface area contributed by atoms with Crippen molar-refractivity contribution in [2.24, 2.45) is 5.73 Å². The van der Waals surface area contributed by atoms with Gasteiger partial charge in [0.05, 0.1) is 0 Å². The minimum atomic E-state index is -2.29. The molecule has 4 N–H and O–H groups in total. The van der Waals surface area contributed by atoms with Crippen molar-refractivity contribution in [2.75, 3.05) is 4.72 Å². The van der Waals surface area contributed by atoms with Crippen LogP contribution in [-0.4, -0.2) is 19.8 Å². The van der Waals surface area contributed by atoms with Gasteiger partial charge in [-0.1, -0.05) is 0 Å². The quantitative estimate of drug-likeness (QED) is 0.711. The highest BCUT2D eigenvalue weighted by Gasteiger charge is 2.19. The van der Waals surface area contributed by atoms with Gasteiger partial charge in [0, 0.05) is 39.6 Å². The maximum absolute atomic E-state index is 10.6. The van der Waals surface area contributed by atoms with Crippen molar-refractivity contribution < 1.29 is 8.76 Å². The number of fused-ring (bicyclic) bond motifs is 3. The van der Waals surface area contributed by atoms with Gasteiger partial charge in [-0.15, -0.1) is 0 Å². The molecule has 0 bridgehead atoms. The van der Waals surface area contributed by atoms with Crippen LogP contribution in [0.5, 0.6) is 0 Å². The molecule has 0 radical (unpaired) electrons. The number of aromatic amines is 1. The highest BCUT2D eigenvalue weighted by Crippen LogP contribution is 2.30. The fraction of sp³-hybridized carbons (Fsp3) is 0.333. The summed E-state index contributed by atoms with van der Waals surface area (Å²) >= 11 is -2.29. The van der Waals surface area contributed by atoms with E-state index >= 15 is 0 Å². The lowest BCUT2D eigenvalue weighted by Crippen LogP contribution is -2.27. The maximum atomic E-state index is 10.6. The second-order valence-corrected chi connectivity index (χ2v) is 5.36. The van der Waals surface area contributed by atoms with Crippen molar-refractivity contribution >= 4 is 27.9 Å². The molecule has 1 aromatic carbocycles. The largest absolute Gasteiger partial charge is 0.755 e. The monoisotopic (exact) mass is 264 g/mol. The Morgan fingerprint density at radius 1 is 1.50 bits per heavy atom. The number of rotatable bonds is 2. The van der Waals surface area contributed by atoms with Crippen molar-refractivity contribution in [3.63, 3.8) is 0 Å². The molecule has 0 saturated carbocycles. The summed E-state index contributed by atoms with van der Waals surface area (Å²) in [6.45, 7) is 0. The standard InChI is InChI=1S/C12H15N3O2S/c13-7-1-3-11-9(5-7)10-6-8(15-18(16)17)2-4-12(10)14-11/h2,4,6-7,14-15H,1,3,5,13H2,(H,16,17)/p-1. The Morgan fingerprint density at radius 3 is 3.11 bits per heavy atom. The van der Waals surface area contributed by atoms with Crippen LogP contribution in [-0.2, 0) is 24.1 Å². The fourth-order valence-electron chi connectivity index (χ4n) is 2.60. The molecule has 1 aliphatic carbocycles. The molecule has 5 nitrogen and oxygen atoms in total. The molecule has 0 spiro atoms. The van der Waals surface area contributed by atoms with E-state index in [1.807, 2.05) is 12.1 Å². The van der Waals surface area contributed by atoms with E-state index in [-0.39, 0.29) is 6.04 Å². The number of hydrogen-bond donors (Lipinski definition) is 3. The Hall–Kier alpha value is -1.37. The summed E-state index contributed by atoms with van der Waals surface area (Å²) in [6.07, 6.45) is 2.80. The van der Waals surface area contributed by atoms with Gasteiger partial charge in [0.25, 0.3) is 0 Å². The normalized spacial score (nSPS) is 20.7. The highest BCUT2D eigenvalue weighted by atomic mass is 32.2. The Morgan fingerprint density at radius 2 is 2.33 bits per heavy atom. The molecule has 0 amide bonds. The Balaban J connectivity index is 2.09. The van der Waals surface area contributed by atoms with Crippen LogP contribution in [0, 0.1) is 0 Å². The summed E-state index contributed by atoms with van der Waals surface area (Å²) in [5.41, 5.74) is 10.1. The average Bonchev–Trinajstić information content (AvgIpc) is 2.66. The van der Waals surface area contributed by atoms with E-state index in [9.17, 15) is 8.76 Å². The first-order chi connectivity index (χ1) is 8.63. The Labute approximate surface area is 107 Å². The molecule has 1 aliphatic rings. The smallest absolute Gasteiger partial charge is 0.0460 e. The van der Waals surface area contributed by atoms with Crippen LogP contribution in [0.1, 0.15) is 17.7 Å². The highest BCUT2D eigenvalue weighted by molar-refractivity contribution is 7.80. The van der Waals surface area contributed by atoms with Crippen molar-refractivity contribution in [3.8, 4) is 0 Å². The number of hydrogen-bond acceptors (Lipinski definition) is 3. The topological polar surface area (TPSA) is 94.0 Å². The number of anilines is 1. The van der Waals surface area contributed by atoms with Crippen molar-refractivity contribution in [1.82, 2.24) is 4.98 Å². The predicted molar refractivity (Wildman–Crippen MR) is 70.8 cm³/mol. The molecule has 2 atom stereocenters. The number of benzene rings is 1. The van der Waals surface area contributed by atoms with Crippen molar-refractivity contribution in [2.45, 2.75) is 25.3 Å². The molecule has 6 heteroatoms. The first-order valence-corrected chi connectivity index (χ1v) is 6.96. The summed E-state index contributed by atoms with van der Waals surface area (Å²) in [6, 6.07) is 5.70. The fourth-order valence-corrected chi connectivity index (χ4v) is 2.92. The molecule has 2 unspecified atom stereocenters. The Kier molecular flexibility index (Phi) is 2.85. The predicted octanol–water partition coefficient (Wildman–Crippen LogP) is 1.19.